The van der Waals surface area contributed by atoms with Crippen LogP contribution in [-0.4, -0.2) is 5.97 Å². The molecule has 0 aromatic rings. The average molecular weight is 190 g/mol. The van der Waals surface area contributed by atoms with Gasteiger partial charge in [-0.15, -0.1) is 0 Å². The van der Waals surface area contributed by atoms with E-state index in [0.29, 0.717) is 0 Å². The minimum absolute atomic E-state index is 0.129. The molecule has 2 heteroatoms. The monoisotopic (exact) mass is 190 g/mol. The van der Waals surface area contributed by atoms with Gasteiger partial charge in [0.15, 0.2) is 0 Å². The maximum Gasteiger partial charge on any atom is 0.339 e. The van der Waals surface area contributed by atoms with Gasteiger partial charge >= 0.3 is 5.97 Å². The highest BCUT2D eigenvalue weighted by molar-refractivity contribution is 5.94. The van der Waals surface area contributed by atoms with Crippen molar-refractivity contribution in [2.24, 2.45) is 0 Å². The summed E-state index contributed by atoms with van der Waals surface area (Å²) in [6, 6.07) is 0. The average Bonchev–Trinajstić information content (AvgIpc) is 2.54. The van der Waals surface area contributed by atoms with E-state index in [9.17, 15) is 4.79 Å². The first-order chi connectivity index (χ1) is 6.83. The lowest BCUT2D eigenvalue weighted by Crippen LogP contribution is -2.01. The van der Waals surface area contributed by atoms with Crippen LogP contribution in [0.15, 0.2) is 35.1 Å². The van der Waals surface area contributed by atoms with Crippen LogP contribution in [0.2, 0.25) is 0 Å². The topological polar surface area (TPSA) is 26.3 Å². The Morgan fingerprint density at radius 3 is 2.64 bits per heavy atom. The molecule has 0 atom stereocenters. The van der Waals surface area contributed by atoms with Gasteiger partial charge in [-0.05, 0) is 38.7 Å². The number of hydrogen-bond acceptors (Lipinski definition) is 2. The molecule has 74 valence electrons. The van der Waals surface area contributed by atoms with Gasteiger partial charge in [-0.25, -0.2) is 4.79 Å². The first-order valence-corrected chi connectivity index (χ1v) is 5.10. The van der Waals surface area contributed by atoms with Gasteiger partial charge in [-0.1, -0.05) is 12.2 Å². The molecule has 2 rings (SSSR count). The first-order valence-electron chi connectivity index (χ1n) is 5.10. The molecule has 0 amide bonds. The fourth-order valence-corrected chi connectivity index (χ4v) is 1.94. The van der Waals surface area contributed by atoms with Crippen molar-refractivity contribution in [3.8, 4) is 0 Å². The predicted molar refractivity (Wildman–Crippen MR) is 54.5 cm³/mol. The number of carbonyl (C=O) groups is 1. The summed E-state index contributed by atoms with van der Waals surface area (Å²) in [6.07, 6.45) is 9.89. The molecule has 14 heavy (non-hydrogen) atoms. The molecule has 2 nitrogen and oxygen atoms in total. The van der Waals surface area contributed by atoms with Crippen LogP contribution in [0.1, 0.15) is 32.6 Å². The van der Waals surface area contributed by atoms with Gasteiger partial charge in [-0.3, -0.25) is 0 Å². The quantitative estimate of drug-likeness (QED) is 0.594. The Kier molecular flexibility index (Phi) is 2.53. The Hall–Kier alpha value is -1.31. The normalized spacial score (nSPS) is 24.6. The fraction of sp³-hybridized carbons (Fsp3) is 0.417. The van der Waals surface area contributed by atoms with Crippen LogP contribution in [0.4, 0.5) is 0 Å². The fourth-order valence-electron chi connectivity index (χ4n) is 1.94. The van der Waals surface area contributed by atoms with Crippen LogP contribution in [0.3, 0.4) is 0 Å². The third-order valence-corrected chi connectivity index (χ3v) is 2.65. The third kappa shape index (κ3) is 1.52. The molecule has 0 radical (unpaired) electrons. The van der Waals surface area contributed by atoms with Crippen LogP contribution in [0.5, 0.6) is 0 Å². The highest BCUT2D eigenvalue weighted by atomic mass is 16.5. The van der Waals surface area contributed by atoms with E-state index < -0.39 is 0 Å². The van der Waals surface area contributed by atoms with Crippen LogP contribution in [0.25, 0.3) is 0 Å². The van der Waals surface area contributed by atoms with Gasteiger partial charge in [0.2, 0.25) is 0 Å². The van der Waals surface area contributed by atoms with E-state index in [1.165, 1.54) is 6.42 Å². The lowest BCUT2D eigenvalue weighted by molar-refractivity contribution is -0.133. The number of ether oxygens (including phenoxy) is 1. The van der Waals surface area contributed by atoms with Crippen molar-refractivity contribution >= 4 is 5.97 Å². The molecule has 0 bridgehead atoms. The van der Waals surface area contributed by atoms with Gasteiger partial charge in [0.1, 0.15) is 5.76 Å². The van der Waals surface area contributed by atoms with E-state index in [4.69, 9.17) is 4.74 Å². The lowest BCUT2D eigenvalue weighted by Gasteiger charge is -2.09. The summed E-state index contributed by atoms with van der Waals surface area (Å²) in [4.78, 5) is 11.4. The molecular formula is C12H14O2. The smallest absolute Gasteiger partial charge is 0.339 e. The number of esters is 1. The minimum atomic E-state index is -0.129. The van der Waals surface area contributed by atoms with E-state index >= 15 is 0 Å². The second kappa shape index (κ2) is 3.82. The Morgan fingerprint density at radius 1 is 1.21 bits per heavy atom. The molecular weight excluding hydrogens is 176 g/mol. The SMILES string of the molecule is C/C=C/C=C1/OC(=O)C2=C1CCCC2. The molecule has 0 aromatic carbocycles. The Labute approximate surface area is 83.9 Å². The maximum absolute atomic E-state index is 11.4. The first kappa shape index (κ1) is 9.25. The van der Waals surface area contributed by atoms with Crippen molar-refractivity contribution in [3.05, 3.63) is 35.1 Å². The molecule has 0 aromatic heterocycles. The third-order valence-electron chi connectivity index (χ3n) is 2.65. The summed E-state index contributed by atoms with van der Waals surface area (Å²) >= 11 is 0. The molecule has 0 saturated heterocycles. The van der Waals surface area contributed by atoms with Crippen molar-refractivity contribution in [1.82, 2.24) is 0 Å². The van der Waals surface area contributed by atoms with E-state index in [2.05, 4.69) is 0 Å². The van der Waals surface area contributed by atoms with E-state index in [-0.39, 0.29) is 5.97 Å². The molecule has 1 aliphatic heterocycles. The summed E-state index contributed by atoms with van der Waals surface area (Å²) in [7, 11) is 0. The summed E-state index contributed by atoms with van der Waals surface area (Å²) in [5, 5.41) is 0. The molecule has 2 aliphatic rings. The van der Waals surface area contributed by atoms with Crippen molar-refractivity contribution in [1.29, 1.82) is 0 Å². The summed E-state index contributed by atoms with van der Waals surface area (Å²) in [5.41, 5.74) is 2.05. The number of allylic oxidation sites excluding steroid dienone is 4. The van der Waals surface area contributed by atoms with Gasteiger partial charge in [0, 0.05) is 11.1 Å². The van der Waals surface area contributed by atoms with Gasteiger partial charge in [0.25, 0.3) is 0 Å². The Morgan fingerprint density at radius 2 is 1.93 bits per heavy atom. The highest BCUT2D eigenvalue weighted by Gasteiger charge is 2.30. The summed E-state index contributed by atoms with van der Waals surface area (Å²) < 4.78 is 5.21. The largest absolute Gasteiger partial charge is 0.423 e. The van der Waals surface area contributed by atoms with Crippen LogP contribution in [0, 0.1) is 0 Å². The minimum Gasteiger partial charge on any atom is -0.423 e. The van der Waals surface area contributed by atoms with Crippen molar-refractivity contribution in [3.63, 3.8) is 0 Å². The van der Waals surface area contributed by atoms with Crippen molar-refractivity contribution in [2.45, 2.75) is 32.6 Å². The number of cyclic esters (lactones) is 1. The standard InChI is InChI=1S/C12H14O2/c1-2-3-8-11-9-6-4-5-7-10(9)12(13)14-11/h2-3,8H,4-7H2,1H3/b3-2+,11-8+. The lowest BCUT2D eigenvalue weighted by atomic mass is 9.92. The molecule has 0 fully saturated rings. The van der Waals surface area contributed by atoms with Crippen LogP contribution in [-0.2, 0) is 9.53 Å². The van der Waals surface area contributed by atoms with Gasteiger partial charge in [0.05, 0.1) is 0 Å². The number of carbonyl (C=O) groups excluding carboxylic acids is 1. The molecule has 0 unspecified atom stereocenters. The second-order valence-corrected chi connectivity index (χ2v) is 3.61. The molecule has 1 aliphatic carbocycles. The van der Waals surface area contributed by atoms with E-state index in [0.717, 1.165) is 36.2 Å². The molecule has 1 heterocycles. The van der Waals surface area contributed by atoms with Gasteiger partial charge in [-0.2, -0.15) is 0 Å². The maximum atomic E-state index is 11.4. The molecule has 0 spiro atoms. The van der Waals surface area contributed by atoms with Crippen LogP contribution < -0.4 is 0 Å². The zero-order valence-electron chi connectivity index (χ0n) is 8.38. The summed E-state index contributed by atoms with van der Waals surface area (Å²) in [5.74, 6) is 0.637. The number of hydrogen-bond donors (Lipinski definition) is 0. The van der Waals surface area contributed by atoms with Crippen molar-refractivity contribution in [2.75, 3.05) is 0 Å². The summed E-state index contributed by atoms with van der Waals surface area (Å²) in [6.45, 7) is 1.95. The predicted octanol–water partition coefficient (Wildman–Crippen LogP) is 2.87. The zero-order valence-corrected chi connectivity index (χ0v) is 8.38. The molecule has 0 saturated carbocycles. The second-order valence-electron chi connectivity index (χ2n) is 3.61. The number of rotatable bonds is 1. The van der Waals surface area contributed by atoms with Gasteiger partial charge < -0.3 is 4.74 Å². The Bertz CT molecular complexity index is 345. The van der Waals surface area contributed by atoms with E-state index in [1.54, 1.807) is 0 Å². The van der Waals surface area contributed by atoms with Crippen molar-refractivity contribution < 1.29 is 9.53 Å². The Balaban J connectivity index is 2.31. The van der Waals surface area contributed by atoms with E-state index in [1.807, 2.05) is 25.2 Å². The van der Waals surface area contributed by atoms with Crippen LogP contribution >= 0.6 is 0 Å². The zero-order chi connectivity index (χ0) is 9.97. The molecule has 0 N–H and O–H groups in total. The highest BCUT2D eigenvalue weighted by Crippen LogP contribution is 2.36.